The number of hydrogen-bond acceptors (Lipinski definition) is 2. The summed E-state index contributed by atoms with van der Waals surface area (Å²) >= 11 is 0. The molecule has 0 fully saturated rings. The number of benzene rings is 4. The number of allylic oxidation sites excluding steroid dienone is 4. The largest absolute Gasteiger partial charge is 0.319 e. The highest BCUT2D eigenvalue weighted by molar-refractivity contribution is 6.22. The van der Waals surface area contributed by atoms with Crippen molar-refractivity contribution in [2.24, 2.45) is 0 Å². The molecule has 6 nitrogen and oxygen atoms in total. The summed E-state index contributed by atoms with van der Waals surface area (Å²) in [5, 5.41) is 7.21. The molecule has 6 heteroatoms. The molecule has 11 rings (SSSR count). The fourth-order valence-electron chi connectivity index (χ4n) is 8.35. The summed E-state index contributed by atoms with van der Waals surface area (Å²) in [6, 6.07) is 45.7. The second-order valence-electron chi connectivity index (χ2n) is 13.0. The van der Waals surface area contributed by atoms with Gasteiger partial charge < -0.3 is 4.57 Å². The highest BCUT2D eigenvalue weighted by Crippen LogP contribution is 2.43. The van der Waals surface area contributed by atoms with Crippen molar-refractivity contribution in [1.82, 2.24) is 28.2 Å². The lowest BCUT2D eigenvalue weighted by Gasteiger charge is -2.20. The quantitative estimate of drug-likeness (QED) is 0.192. The van der Waals surface area contributed by atoms with Gasteiger partial charge in [0.15, 0.2) is 0 Å². The van der Waals surface area contributed by atoms with E-state index >= 15 is 0 Å². The zero-order chi connectivity index (χ0) is 32.8. The van der Waals surface area contributed by atoms with Gasteiger partial charge in [-0.05, 0) is 79.2 Å². The number of pyridine rings is 2. The molecular weight excluding hydrogens is 613 g/mol. The third-order valence-electron chi connectivity index (χ3n) is 10.4. The van der Waals surface area contributed by atoms with E-state index in [-0.39, 0.29) is 6.04 Å². The molecule has 4 aromatic carbocycles. The highest BCUT2D eigenvalue weighted by Gasteiger charge is 2.26. The highest BCUT2D eigenvalue weighted by atomic mass is 15.2. The van der Waals surface area contributed by atoms with Crippen LogP contribution in [0, 0.1) is 0 Å². The second kappa shape index (κ2) is 10.4. The Balaban J connectivity index is 1.19. The molecular formula is C44H30N6. The molecule has 236 valence electrons. The predicted octanol–water partition coefficient (Wildman–Crippen LogP) is 10.6. The van der Waals surface area contributed by atoms with Crippen LogP contribution >= 0.6 is 0 Å². The topological polar surface area (TPSA) is 45.5 Å². The van der Waals surface area contributed by atoms with Crippen molar-refractivity contribution < 1.29 is 0 Å². The minimum atomic E-state index is 0.204. The Morgan fingerprint density at radius 3 is 1.66 bits per heavy atom. The standard InChI is InChI=1S/C44H30N6/c1-3-13-29(14-4-1)47-37-21-9-7-17-33(37)39-35-19-11-27-45-41(35)49(43(39)47)31-23-25-32(26-24-31)50-42-36(20-12-28-46-42)40-34-18-8-10-22-38(34)48(44(40)50)30-15-5-2-6-16-30/h1-15,17-28,30H,16H2. The van der Waals surface area contributed by atoms with Crippen molar-refractivity contribution >= 4 is 65.9 Å². The molecule has 0 N–H and O–H groups in total. The Labute approximate surface area is 287 Å². The van der Waals surface area contributed by atoms with Crippen LogP contribution in [0.3, 0.4) is 0 Å². The summed E-state index contributed by atoms with van der Waals surface area (Å²) in [5.74, 6) is 0. The van der Waals surface area contributed by atoms with Gasteiger partial charge in [-0.3, -0.25) is 13.7 Å². The smallest absolute Gasteiger partial charge is 0.146 e. The maximum Gasteiger partial charge on any atom is 0.146 e. The first-order chi connectivity index (χ1) is 24.9. The summed E-state index contributed by atoms with van der Waals surface area (Å²) in [6.07, 6.45) is 13.6. The van der Waals surface area contributed by atoms with E-state index in [1.165, 1.54) is 32.6 Å². The van der Waals surface area contributed by atoms with E-state index in [0.29, 0.717) is 0 Å². The molecule has 1 atom stereocenters. The van der Waals surface area contributed by atoms with E-state index in [9.17, 15) is 0 Å². The zero-order valence-corrected chi connectivity index (χ0v) is 27.1. The first kappa shape index (κ1) is 27.3. The van der Waals surface area contributed by atoms with E-state index < -0.39 is 0 Å². The van der Waals surface area contributed by atoms with Crippen molar-refractivity contribution in [3.63, 3.8) is 0 Å². The Bertz CT molecular complexity index is 3000. The Kier molecular flexibility index (Phi) is 5.69. The Morgan fingerprint density at radius 1 is 0.460 bits per heavy atom. The fraction of sp³-hybridized carbons (Fsp3) is 0.0455. The number of fused-ring (bicyclic) bond motifs is 10. The van der Waals surface area contributed by atoms with Gasteiger partial charge in [0.2, 0.25) is 0 Å². The lowest BCUT2D eigenvalue weighted by Crippen LogP contribution is -2.10. The van der Waals surface area contributed by atoms with Crippen molar-refractivity contribution in [3.05, 3.63) is 164 Å². The molecule has 0 saturated carbocycles. The van der Waals surface area contributed by atoms with Crippen LogP contribution in [0.2, 0.25) is 0 Å². The van der Waals surface area contributed by atoms with E-state index in [2.05, 4.69) is 158 Å². The SMILES string of the molecule is C1=CCC(n2c3ccccc3c3c4cccnc4n(-c4ccc(-n5c6ncccc6c6c7ccccc7n(-c7ccccc7)c65)cc4)c32)C=C1. The monoisotopic (exact) mass is 642 g/mol. The second-order valence-corrected chi connectivity index (χ2v) is 13.0. The zero-order valence-electron chi connectivity index (χ0n) is 27.1. The van der Waals surface area contributed by atoms with Crippen molar-refractivity contribution in [2.75, 3.05) is 0 Å². The summed E-state index contributed by atoms with van der Waals surface area (Å²) in [5.41, 5.74) is 9.80. The molecule has 0 spiro atoms. The van der Waals surface area contributed by atoms with Gasteiger partial charge >= 0.3 is 0 Å². The summed E-state index contributed by atoms with van der Waals surface area (Å²) < 4.78 is 9.55. The number of hydrogen-bond donors (Lipinski definition) is 0. The minimum absolute atomic E-state index is 0.204. The summed E-state index contributed by atoms with van der Waals surface area (Å²) in [4.78, 5) is 9.95. The fourth-order valence-corrected chi connectivity index (χ4v) is 8.35. The van der Waals surface area contributed by atoms with Gasteiger partial charge in [0.25, 0.3) is 0 Å². The Hall–Kier alpha value is -6.66. The molecule has 6 aromatic heterocycles. The number of nitrogens with zero attached hydrogens (tertiary/aromatic N) is 6. The normalized spacial score (nSPS) is 14.8. The van der Waals surface area contributed by atoms with Crippen LogP contribution in [0.15, 0.2) is 164 Å². The third kappa shape index (κ3) is 3.67. The molecule has 0 radical (unpaired) electrons. The number of para-hydroxylation sites is 3. The van der Waals surface area contributed by atoms with Crippen LogP contribution in [0.5, 0.6) is 0 Å². The van der Waals surface area contributed by atoms with Crippen LogP contribution in [0.1, 0.15) is 12.5 Å². The summed E-state index contributed by atoms with van der Waals surface area (Å²) in [7, 11) is 0. The maximum atomic E-state index is 4.98. The minimum Gasteiger partial charge on any atom is -0.319 e. The van der Waals surface area contributed by atoms with E-state index in [1.807, 2.05) is 24.5 Å². The first-order valence-corrected chi connectivity index (χ1v) is 17.1. The molecule has 50 heavy (non-hydrogen) atoms. The van der Waals surface area contributed by atoms with Crippen LogP contribution in [-0.4, -0.2) is 28.2 Å². The van der Waals surface area contributed by atoms with Crippen molar-refractivity contribution in [3.8, 4) is 17.1 Å². The molecule has 1 unspecified atom stereocenters. The van der Waals surface area contributed by atoms with Gasteiger partial charge in [-0.15, -0.1) is 0 Å². The first-order valence-electron chi connectivity index (χ1n) is 17.1. The van der Waals surface area contributed by atoms with Gasteiger partial charge in [0, 0.05) is 61.8 Å². The average Bonchev–Trinajstić information content (AvgIpc) is 3.90. The Morgan fingerprint density at radius 2 is 1.00 bits per heavy atom. The number of rotatable bonds is 4. The van der Waals surface area contributed by atoms with E-state index in [4.69, 9.17) is 9.97 Å². The average molecular weight is 643 g/mol. The lowest BCUT2D eigenvalue weighted by molar-refractivity contribution is 0.640. The lowest BCUT2D eigenvalue weighted by atomic mass is 10.1. The summed E-state index contributed by atoms with van der Waals surface area (Å²) in [6.45, 7) is 0. The predicted molar refractivity (Wildman–Crippen MR) is 205 cm³/mol. The number of aromatic nitrogens is 6. The van der Waals surface area contributed by atoms with Gasteiger partial charge in [0.05, 0.1) is 17.1 Å². The van der Waals surface area contributed by atoms with Crippen molar-refractivity contribution in [2.45, 2.75) is 12.5 Å². The third-order valence-corrected chi connectivity index (χ3v) is 10.4. The van der Waals surface area contributed by atoms with Crippen LogP contribution in [-0.2, 0) is 0 Å². The molecule has 6 heterocycles. The van der Waals surface area contributed by atoms with Crippen molar-refractivity contribution in [1.29, 1.82) is 0 Å². The molecule has 0 bridgehead atoms. The van der Waals surface area contributed by atoms with Gasteiger partial charge in [-0.1, -0.05) is 78.9 Å². The maximum absolute atomic E-state index is 4.98. The van der Waals surface area contributed by atoms with Gasteiger partial charge in [-0.2, -0.15) is 0 Å². The molecule has 1 aliphatic rings. The van der Waals surface area contributed by atoms with Crippen LogP contribution in [0.25, 0.3) is 83.0 Å². The van der Waals surface area contributed by atoms with E-state index in [0.717, 1.165) is 56.8 Å². The van der Waals surface area contributed by atoms with E-state index in [1.54, 1.807) is 0 Å². The van der Waals surface area contributed by atoms with Gasteiger partial charge in [0.1, 0.15) is 22.6 Å². The van der Waals surface area contributed by atoms with Crippen LogP contribution in [0.4, 0.5) is 0 Å². The molecule has 0 amide bonds. The molecule has 0 saturated heterocycles. The van der Waals surface area contributed by atoms with Crippen LogP contribution < -0.4 is 0 Å². The molecule has 1 aliphatic carbocycles. The molecule has 10 aromatic rings. The molecule has 0 aliphatic heterocycles. The van der Waals surface area contributed by atoms with Gasteiger partial charge in [-0.25, -0.2) is 9.97 Å².